The molecule has 0 unspecified atom stereocenters. The molecule has 0 saturated heterocycles. The minimum absolute atomic E-state index is 0.538. The maximum Gasteiger partial charge on any atom is 0.235 e. The van der Waals surface area contributed by atoms with E-state index in [2.05, 4.69) is 41.9 Å². The van der Waals surface area contributed by atoms with Crippen LogP contribution in [0.2, 0.25) is 0 Å². The summed E-state index contributed by atoms with van der Waals surface area (Å²) in [4.78, 5) is 3.25. The molecule has 0 spiro atoms. The first-order valence-electron chi connectivity index (χ1n) is 8.79. The highest BCUT2D eigenvalue weighted by Gasteiger charge is 2.30. The summed E-state index contributed by atoms with van der Waals surface area (Å²) in [6.07, 6.45) is 3.29. The fourth-order valence-electron chi connectivity index (χ4n) is 3.02. The third kappa shape index (κ3) is 2.75. The predicted molar refractivity (Wildman–Crippen MR) is 94.3 cm³/mol. The van der Waals surface area contributed by atoms with E-state index in [1.54, 1.807) is 11.3 Å². The van der Waals surface area contributed by atoms with Crippen LogP contribution < -0.4 is 0 Å². The molecule has 0 amide bonds. The highest BCUT2D eigenvalue weighted by molar-refractivity contribution is 7.19. The van der Waals surface area contributed by atoms with Gasteiger partial charge in [0.25, 0.3) is 0 Å². The zero-order valence-corrected chi connectivity index (χ0v) is 15.3. The highest BCUT2D eigenvalue weighted by atomic mass is 32.1. The lowest BCUT2D eigenvalue weighted by atomic mass is 10.2. The molecule has 0 atom stereocenters. The largest absolute Gasteiger partial charge is 0.458 e. The number of nitrogens with zero attached hydrogens (tertiary/aromatic N) is 5. The van der Waals surface area contributed by atoms with Crippen molar-refractivity contribution < 1.29 is 4.42 Å². The number of aryl methyl sites for hydroxylation is 1. The van der Waals surface area contributed by atoms with Gasteiger partial charge in [0.2, 0.25) is 4.96 Å². The number of rotatable bonds is 7. The molecular formula is C17H23N5OS. The summed E-state index contributed by atoms with van der Waals surface area (Å²) < 4.78 is 8.01. The molecule has 1 aliphatic rings. The third-order valence-corrected chi connectivity index (χ3v) is 5.59. The molecule has 0 radical (unpaired) electrons. The van der Waals surface area contributed by atoms with Gasteiger partial charge in [-0.15, -0.1) is 15.3 Å². The maximum atomic E-state index is 6.11. The molecular weight excluding hydrogens is 322 g/mol. The molecule has 6 nitrogen and oxygen atoms in total. The van der Waals surface area contributed by atoms with E-state index in [1.165, 1.54) is 18.4 Å². The summed E-state index contributed by atoms with van der Waals surface area (Å²) in [7, 11) is 0. The van der Waals surface area contributed by atoms with E-state index in [1.807, 2.05) is 4.52 Å². The van der Waals surface area contributed by atoms with Crippen molar-refractivity contribution in [3.63, 3.8) is 0 Å². The van der Waals surface area contributed by atoms with E-state index < -0.39 is 0 Å². The number of hydrogen-bond acceptors (Lipinski definition) is 6. The molecule has 1 aliphatic carbocycles. The van der Waals surface area contributed by atoms with E-state index >= 15 is 0 Å². The second kappa shape index (κ2) is 6.29. The lowest BCUT2D eigenvalue weighted by Gasteiger charge is -2.17. The summed E-state index contributed by atoms with van der Waals surface area (Å²) in [6, 6.07) is 2.15. The molecule has 3 aromatic heterocycles. The van der Waals surface area contributed by atoms with Crippen molar-refractivity contribution in [2.75, 3.05) is 13.1 Å². The molecule has 3 aromatic rings. The highest BCUT2D eigenvalue weighted by Crippen LogP contribution is 2.40. The van der Waals surface area contributed by atoms with Gasteiger partial charge >= 0.3 is 0 Å². The van der Waals surface area contributed by atoms with Crippen LogP contribution in [0.1, 0.15) is 56.7 Å². The molecule has 1 fully saturated rings. The summed E-state index contributed by atoms with van der Waals surface area (Å²) in [5.74, 6) is 3.45. The molecule has 3 heterocycles. The molecule has 0 aliphatic heterocycles. The van der Waals surface area contributed by atoms with Crippen LogP contribution >= 0.6 is 11.3 Å². The number of furan rings is 1. The average Bonchev–Trinajstić information content (AvgIpc) is 3.05. The van der Waals surface area contributed by atoms with Gasteiger partial charge in [0, 0.05) is 24.4 Å². The Morgan fingerprint density at radius 2 is 2.04 bits per heavy atom. The molecule has 7 heteroatoms. The van der Waals surface area contributed by atoms with Crippen LogP contribution in [-0.4, -0.2) is 37.8 Å². The molecule has 0 N–H and O–H groups in total. The first-order chi connectivity index (χ1) is 11.7. The molecule has 1 saturated carbocycles. The van der Waals surface area contributed by atoms with Gasteiger partial charge in [-0.3, -0.25) is 4.90 Å². The fourth-order valence-corrected chi connectivity index (χ4v) is 3.82. The van der Waals surface area contributed by atoms with Gasteiger partial charge in [-0.25, -0.2) is 0 Å². The summed E-state index contributed by atoms with van der Waals surface area (Å²) in [5.41, 5.74) is 1.27. The van der Waals surface area contributed by atoms with Crippen molar-refractivity contribution in [1.82, 2.24) is 24.7 Å². The number of hydrogen-bond donors (Lipinski definition) is 0. The minimum atomic E-state index is 0.538. The minimum Gasteiger partial charge on any atom is -0.458 e. The van der Waals surface area contributed by atoms with Crippen molar-refractivity contribution in [3.8, 4) is 10.8 Å². The van der Waals surface area contributed by atoms with Crippen molar-refractivity contribution >= 4 is 16.3 Å². The number of fused-ring (bicyclic) bond motifs is 1. The standard InChI is InChI=1S/C17H23N5OS/c1-4-13-12(10-21(5-2)6-3)9-14(23-13)16-20-22-15(11-7-8-11)18-19-17(22)24-16/h9,11H,4-8,10H2,1-3H3. The number of aromatic nitrogens is 4. The topological polar surface area (TPSA) is 59.5 Å². The average molecular weight is 345 g/mol. The first kappa shape index (κ1) is 15.8. The quantitative estimate of drug-likeness (QED) is 0.653. The van der Waals surface area contributed by atoms with E-state index in [0.29, 0.717) is 5.92 Å². The van der Waals surface area contributed by atoms with Crippen molar-refractivity contribution in [2.24, 2.45) is 0 Å². The van der Waals surface area contributed by atoms with Crippen LogP contribution in [0.5, 0.6) is 0 Å². The van der Waals surface area contributed by atoms with Gasteiger partial charge in [-0.2, -0.15) is 4.52 Å². The van der Waals surface area contributed by atoms with Crippen LogP contribution in [0, 0.1) is 0 Å². The Labute approximate surface area is 145 Å². The van der Waals surface area contributed by atoms with E-state index in [-0.39, 0.29) is 0 Å². The smallest absolute Gasteiger partial charge is 0.235 e. The molecule has 0 bridgehead atoms. The lowest BCUT2D eigenvalue weighted by Crippen LogP contribution is -2.22. The van der Waals surface area contributed by atoms with Crippen LogP contribution in [0.15, 0.2) is 10.5 Å². The monoisotopic (exact) mass is 345 g/mol. The summed E-state index contributed by atoms with van der Waals surface area (Å²) in [5, 5.41) is 14.2. The van der Waals surface area contributed by atoms with Crippen molar-refractivity contribution in [2.45, 2.75) is 52.5 Å². The zero-order valence-electron chi connectivity index (χ0n) is 14.4. The van der Waals surface area contributed by atoms with Crippen LogP contribution in [0.3, 0.4) is 0 Å². The molecule has 0 aromatic carbocycles. The Morgan fingerprint density at radius 3 is 2.71 bits per heavy atom. The second-order valence-electron chi connectivity index (χ2n) is 6.31. The Bertz CT molecular complexity index is 841. The van der Waals surface area contributed by atoms with E-state index in [9.17, 15) is 0 Å². The lowest BCUT2D eigenvalue weighted by molar-refractivity contribution is 0.293. The van der Waals surface area contributed by atoms with Crippen molar-refractivity contribution in [3.05, 3.63) is 23.2 Å². The van der Waals surface area contributed by atoms with Gasteiger partial charge < -0.3 is 4.42 Å². The second-order valence-corrected chi connectivity index (χ2v) is 7.26. The Balaban J connectivity index is 1.67. The SMILES string of the molecule is CCc1oc(-c2nn3c(C4CC4)nnc3s2)cc1CN(CC)CC. The van der Waals surface area contributed by atoms with Gasteiger partial charge in [0.05, 0.1) is 0 Å². The van der Waals surface area contributed by atoms with E-state index in [0.717, 1.165) is 53.4 Å². The van der Waals surface area contributed by atoms with Crippen LogP contribution in [-0.2, 0) is 13.0 Å². The van der Waals surface area contributed by atoms with Gasteiger partial charge in [0.15, 0.2) is 16.6 Å². The summed E-state index contributed by atoms with van der Waals surface area (Å²) >= 11 is 1.55. The molecule has 24 heavy (non-hydrogen) atoms. The third-order valence-electron chi connectivity index (χ3n) is 4.67. The van der Waals surface area contributed by atoms with Crippen molar-refractivity contribution in [1.29, 1.82) is 0 Å². The molecule has 4 rings (SSSR count). The maximum absolute atomic E-state index is 6.11. The Kier molecular flexibility index (Phi) is 4.14. The normalized spacial score (nSPS) is 15.0. The van der Waals surface area contributed by atoms with Gasteiger partial charge in [-0.1, -0.05) is 32.1 Å². The van der Waals surface area contributed by atoms with Gasteiger partial charge in [-0.05, 0) is 32.0 Å². The van der Waals surface area contributed by atoms with Crippen LogP contribution in [0.25, 0.3) is 15.7 Å². The van der Waals surface area contributed by atoms with Gasteiger partial charge in [0.1, 0.15) is 5.76 Å². The zero-order chi connectivity index (χ0) is 16.7. The summed E-state index contributed by atoms with van der Waals surface area (Å²) in [6.45, 7) is 9.54. The Morgan fingerprint density at radius 1 is 1.25 bits per heavy atom. The van der Waals surface area contributed by atoms with Crippen LogP contribution in [0.4, 0.5) is 0 Å². The Hall–Kier alpha value is -1.73. The first-order valence-corrected chi connectivity index (χ1v) is 9.61. The fraction of sp³-hybridized carbons (Fsp3) is 0.588. The molecule has 128 valence electrons. The predicted octanol–water partition coefficient (Wildman–Crippen LogP) is 3.73. The van der Waals surface area contributed by atoms with E-state index in [4.69, 9.17) is 9.52 Å².